The van der Waals surface area contributed by atoms with Gasteiger partial charge in [-0.2, -0.15) is 0 Å². The molecule has 0 aliphatic heterocycles. The van der Waals surface area contributed by atoms with Gasteiger partial charge >= 0.3 is 0 Å². The van der Waals surface area contributed by atoms with E-state index in [9.17, 15) is 16.8 Å². The molecule has 6 nitrogen and oxygen atoms in total. The minimum atomic E-state index is -3.81. The van der Waals surface area contributed by atoms with E-state index in [1.54, 1.807) is 0 Å². The molecule has 3 N–H and O–H groups in total. The van der Waals surface area contributed by atoms with E-state index < -0.39 is 20.0 Å². The molecular formula is C13H20N2O4S2. The van der Waals surface area contributed by atoms with Gasteiger partial charge in [-0.05, 0) is 55.9 Å². The Labute approximate surface area is 125 Å². The van der Waals surface area contributed by atoms with E-state index in [-0.39, 0.29) is 15.8 Å². The molecule has 8 heteroatoms. The van der Waals surface area contributed by atoms with Gasteiger partial charge < -0.3 is 0 Å². The summed E-state index contributed by atoms with van der Waals surface area (Å²) in [5.74, 6) is 0.639. The van der Waals surface area contributed by atoms with Crippen LogP contribution in [0.2, 0.25) is 0 Å². The van der Waals surface area contributed by atoms with E-state index in [4.69, 9.17) is 5.14 Å². The first kappa shape index (κ1) is 16.4. The first-order valence-electron chi connectivity index (χ1n) is 6.84. The summed E-state index contributed by atoms with van der Waals surface area (Å²) >= 11 is 0. The highest BCUT2D eigenvalue weighted by molar-refractivity contribution is 7.89. The summed E-state index contributed by atoms with van der Waals surface area (Å²) in [6.07, 6.45) is 3.68. The van der Waals surface area contributed by atoms with Crippen LogP contribution in [0.4, 0.5) is 0 Å². The van der Waals surface area contributed by atoms with Crippen molar-refractivity contribution in [3.05, 3.63) is 24.3 Å². The molecule has 0 amide bonds. The third-order valence-corrected chi connectivity index (χ3v) is 6.27. The van der Waals surface area contributed by atoms with Gasteiger partial charge in [-0.1, -0.05) is 6.92 Å². The van der Waals surface area contributed by atoms with Crippen molar-refractivity contribution in [3.63, 3.8) is 0 Å². The summed E-state index contributed by atoms with van der Waals surface area (Å²) in [4.78, 5) is -0.0542. The Kier molecular flexibility index (Phi) is 4.72. The van der Waals surface area contributed by atoms with Gasteiger partial charge in [-0.3, -0.25) is 0 Å². The summed E-state index contributed by atoms with van der Waals surface area (Å²) in [7, 11) is -7.44. The monoisotopic (exact) mass is 332 g/mol. The number of nitrogens with one attached hydrogen (secondary N) is 1. The molecule has 0 unspecified atom stereocenters. The summed E-state index contributed by atoms with van der Waals surface area (Å²) in [6, 6.07) is 4.87. The Balaban J connectivity index is 2.13. The fraction of sp³-hybridized carbons (Fsp3) is 0.538. The van der Waals surface area contributed by atoms with E-state index in [1.807, 2.05) is 0 Å². The molecule has 1 aromatic rings. The van der Waals surface area contributed by atoms with Crippen molar-refractivity contribution < 1.29 is 16.8 Å². The quantitative estimate of drug-likeness (QED) is 0.863. The molecule has 118 valence electrons. The molecule has 0 atom stereocenters. The Morgan fingerprint density at radius 3 is 1.90 bits per heavy atom. The molecule has 1 fully saturated rings. The molecule has 1 aromatic carbocycles. The van der Waals surface area contributed by atoms with Crippen molar-refractivity contribution in [1.82, 2.24) is 4.72 Å². The fourth-order valence-corrected chi connectivity index (χ4v) is 4.29. The Morgan fingerprint density at radius 2 is 1.43 bits per heavy atom. The fourth-order valence-electron chi connectivity index (χ4n) is 2.47. The normalized spacial score (nSPS) is 23.9. The van der Waals surface area contributed by atoms with Crippen molar-refractivity contribution in [2.75, 3.05) is 0 Å². The second-order valence-corrected chi connectivity index (χ2v) is 8.87. The van der Waals surface area contributed by atoms with Gasteiger partial charge in [0.05, 0.1) is 9.79 Å². The third kappa shape index (κ3) is 4.26. The molecule has 0 spiro atoms. The maximum absolute atomic E-state index is 12.3. The Bertz CT molecular complexity index is 688. The standard InChI is InChI=1S/C13H20N2O4S2/c1-10-2-4-11(5-3-10)15-21(18,19)13-8-6-12(7-9-13)20(14,16)17/h6-11,15H,2-5H2,1H3,(H2,14,16,17). The molecule has 0 heterocycles. The smallest absolute Gasteiger partial charge is 0.225 e. The molecule has 0 saturated heterocycles. The highest BCUT2D eigenvalue weighted by Gasteiger charge is 2.24. The van der Waals surface area contributed by atoms with Crippen LogP contribution in [0.15, 0.2) is 34.1 Å². The number of benzene rings is 1. The molecule has 0 bridgehead atoms. The van der Waals surface area contributed by atoms with E-state index in [2.05, 4.69) is 11.6 Å². The molecule has 1 saturated carbocycles. The van der Waals surface area contributed by atoms with Gasteiger partial charge in [0, 0.05) is 6.04 Å². The van der Waals surface area contributed by atoms with Gasteiger partial charge in [-0.15, -0.1) is 0 Å². The molecule has 2 rings (SSSR count). The minimum Gasteiger partial charge on any atom is -0.225 e. The van der Waals surface area contributed by atoms with Crippen LogP contribution >= 0.6 is 0 Å². The zero-order valence-electron chi connectivity index (χ0n) is 11.8. The van der Waals surface area contributed by atoms with E-state index in [0.717, 1.165) is 25.7 Å². The Morgan fingerprint density at radius 1 is 0.952 bits per heavy atom. The number of sulfonamides is 2. The predicted molar refractivity (Wildman–Crippen MR) is 79.6 cm³/mol. The highest BCUT2D eigenvalue weighted by Crippen LogP contribution is 2.25. The summed E-state index contributed by atoms with van der Waals surface area (Å²) < 4.78 is 49.5. The van der Waals surface area contributed by atoms with Gasteiger partial charge in [-0.25, -0.2) is 26.7 Å². The zero-order chi connectivity index (χ0) is 15.7. The number of primary sulfonamides is 1. The van der Waals surface area contributed by atoms with Crippen LogP contribution in [0.5, 0.6) is 0 Å². The molecule has 0 radical (unpaired) electrons. The summed E-state index contributed by atoms with van der Waals surface area (Å²) in [6.45, 7) is 2.16. The van der Waals surface area contributed by atoms with Crippen LogP contribution in [-0.2, 0) is 20.0 Å². The lowest BCUT2D eigenvalue weighted by Gasteiger charge is -2.26. The van der Waals surface area contributed by atoms with Gasteiger partial charge in [0.1, 0.15) is 0 Å². The number of nitrogens with two attached hydrogens (primary N) is 1. The maximum atomic E-state index is 12.3. The topological polar surface area (TPSA) is 106 Å². The van der Waals surface area contributed by atoms with Crippen LogP contribution in [0.1, 0.15) is 32.6 Å². The lowest BCUT2D eigenvalue weighted by molar-refractivity contribution is 0.332. The van der Waals surface area contributed by atoms with Gasteiger partial charge in [0.2, 0.25) is 20.0 Å². The average molecular weight is 332 g/mol. The summed E-state index contributed by atoms with van der Waals surface area (Å²) in [5, 5.41) is 4.99. The van der Waals surface area contributed by atoms with Crippen molar-refractivity contribution in [3.8, 4) is 0 Å². The van der Waals surface area contributed by atoms with E-state index in [1.165, 1.54) is 24.3 Å². The largest absolute Gasteiger partial charge is 0.240 e. The van der Waals surface area contributed by atoms with Crippen LogP contribution in [0.3, 0.4) is 0 Å². The third-order valence-electron chi connectivity index (χ3n) is 3.80. The van der Waals surface area contributed by atoms with Crippen LogP contribution in [0.25, 0.3) is 0 Å². The predicted octanol–water partition coefficient (Wildman–Crippen LogP) is 1.19. The first-order chi connectivity index (χ1) is 9.68. The lowest BCUT2D eigenvalue weighted by atomic mass is 9.88. The lowest BCUT2D eigenvalue weighted by Crippen LogP contribution is -2.37. The highest BCUT2D eigenvalue weighted by atomic mass is 32.2. The van der Waals surface area contributed by atoms with Crippen LogP contribution in [-0.4, -0.2) is 22.9 Å². The van der Waals surface area contributed by atoms with E-state index >= 15 is 0 Å². The van der Waals surface area contributed by atoms with Crippen molar-refractivity contribution >= 4 is 20.0 Å². The average Bonchev–Trinajstić information content (AvgIpc) is 2.40. The maximum Gasteiger partial charge on any atom is 0.240 e. The first-order valence-corrected chi connectivity index (χ1v) is 9.86. The second kappa shape index (κ2) is 6.04. The zero-order valence-corrected chi connectivity index (χ0v) is 13.5. The molecule has 21 heavy (non-hydrogen) atoms. The van der Waals surface area contributed by atoms with Crippen molar-refractivity contribution in [2.24, 2.45) is 11.1 Å². The molecule has 1 aliphatic rings. The number of hydrogen-bond donors (Lipinski definition) is 2. The van der Waals surface area contributed by atoms with E-state index in [0.29, 0.717) is 5.92 Å². The van der Waals surface area contributed by atoms with Crippen molar-refractivity contribution in [2.45, 2.75) is 48.4 Å². The molecular weight excluding hydrogens is 312 g/mol. The Hall–Kier alpha value is -0.960. The van der Waals surface area contributed by atoms with Crippen LogP contribution < -0.4 is 9.86 Å². The van der Waals surface area contributed by atoms with Crippen molar-refractivity contribution in [1.29, 1.82) is 0 Å². The van der Waals surface area contributed by atoms with Crippen LogP contribution in [0, 0.1) is 5.92 Å². The minimum absolute atomic E-state index is 0.0496. The van der Waals surface area contributed by atoms with Gasteiger partial charge in [0.25, 0.3) is 0 Å². The molecule has 0 aromatic heterocycles. The number of rotatable bonds is 4. The SMILES string of the molecule is CC1CCC(NS(=O)(=O)c2ccc(S(N)(=O)=O)cc2)CC1. The number of hydrogen-bond acceptors (Lipinski definition) is 4. The summed E-state index contributed by atoms with van der Waals surface area (Å²) in [5.41, 5.74) is 0. The second-order valence-electron chi connectivity index (χ2n) is 5.59. The molecule has 1 aliphatic carbocycles. The van der Waals surface area contributed by atoms with Gasteiger partial charge in [0.15, 0.2) is 0 Å².